The molecule has 1 saturated heterocycles. The summed E-state index contributed by atoms with van der Waals surface area (Å²) in [5, 5.41) is 0. The van der Waals surface area contributed by atoms with E-state index in [1.807, 2.05) is 6.92 Å². The number of hydrogen-bond acceptors (Lipinski definition) is 4. The van der Waals surface area contributed by atoms with E-state index in [1.54, 1.807) is 12.1 Å². The first-order chi connectivity index (χ1) is 13.8. The number of rotatable bonds is 12. The second-order valence-corrected chi connectivity index (χ2v) is 10.3. The van der Waals surface area contributed by atoms with Crippen LogP contribution in [0.1, 0.15) is 76.7 Å². The van der Waals surface area contributed by atoms with Crippen molar-refractivity contribution < 1.29 is 17.7 Å². The monoisotopic (exact) mass is 442 g/mol. The maximum atomic E-state index is 10.4. The molecule has 1 heterocycles. The molecule has 1 aliphatic rings. The summed E-state index contributed by atoms with van der Waals surface area (Å²) in [4.78, 5) is 1.14. The van der Waals surface area contributed by atoms with Crippen molar-refractivity contribution in [1.82, 2.24) is 0 Å². The zero-order valence-corrected chi connectivity index (χ0v) is 19.8. The molecule has 0 N–H and O–H groups in total. The lowest BCUT2D eigenvalue weighted by Gasteiger charge is -2.05. The van der Waals surface area contributed by atoms with E-state index in [-0.39, 0.29) is 4.90 Å². The molecular weight excluding hydrogens is 404 g/mol. The molecule has 1 atom stereocenters. The van der Waals surface area contributed by atoms with E-state index in [0.717, 1.165) is 12.2 Å². The Hall–Kier alpha value is -0.820. The van der Waals surface area contributed by atoms with Gasteiger partial charge >= 0.3 is 0 Å². The van der Waals surface area contributed by atoms with Crippen molar-refractivity contribution in [3.8, 4) is 0 Å². The summed E-state index contributed by atoms with van der Waals surface area (Å²) in [6.07, 6.45) is 14.1. The van der Waals surface area contributed by atoms with Gasteiger partial charge < -0.3 is 9.29 Å². The van der Waals surface area contributed by atoms with Crippen molar-refractivity contribution >= 4 is 21.9 Å². The van der Waals surface area contributed by atoms with Gasteiger partial charge in [-0.2, -0.15) is 0 Å². The third-order valence-corrected chi connectivity index (χ3v) is 7.02. The predicted molar refractivity (Wildman–Crippen MR) is 123 cm³/mol. The van der Waals surface area contributed by atoms with Crippen LogP contribution in [0.4, 0.5) is 0 Å². The van der Waals surface area contributed by atoms with E-state index in [4.69, 9.17) is 4.74 Å². The SMILES string of the molecule is C=C([SH+]CCCCCCCCCC)C1CCCO1.Cc1ccc(S(=O)(=O)[O-])cc1. The van der Waals surface area contributed by atoms with Crippen molar-refractivity contribution in [3.63, 3.8) is 0 Å². The number of unbranched alkanes of at least 4 members (excludes halogenated alkanes) is 7. The highest BCUT2D eigenvalue weighted by Gasteiger charge is 2.23. The summed E-state index contributed by atoms with van der Waals surface area (Å²) in [7, 11) is -4.27. The van der Waals surface area contributed by atoms with Gasteiger partial charge in [0.15, 0.2) is 4.91 Å². The summed E-state index contributed by atoms with van der Waals surface area (Å²) in [5.74, 6) is 1.29. The molecule has 0 aromatic heterocycles. The third-order valence-electron chi connectivity index (χ3n) is 4.94. The van der Waals surface area contributed by atoms with Crippen molar-refractivity contribution in [2.75, 3.05) is 12.4 Å². The Morgan fingerprint density at radius 1 is 1.10 bits per heavy atom. The van der Waals surface area contributed by atoms with Gasteiger partial charge in [0.1, 0.15) is 22.0 Å². The molecule has 0 spiro atoms. The Labute approximate surface area is 182 Å². The van der Waals surface area contributed by atoms with Crippen LogP contribution in [0.5, 0.6) is 0 Å². The zero-order valence-electron chi connectivity index (χ0n) is 18.1. The molecular formula is C23H38O4S2. The van der Waals surface area contributed by atoms with Crippen LogP contribution in [-0.2, 0) is 26.6 Å². The van der Waals surface area contributed by atoms with E-state index in [0.29, 0.717) is 6.10 Å². The maximum Gasteiger partial charge on any atom is 0.151 e. The largest absolute Gasteiger partial charge is 0.744 e. The molecule has 1 fully saturated rings. The van der Waals surface area contributed by atoms with Crippen LogP contribution in [0, 0.1) is 6.92 Å². The van der Waals surface area contributed by atoms with Crippen LogP contribution >= 0.6 is 0 Å². The van der Waals surface area contributed by atoms with Crippen LogP contribution in [0.25, 0.3) is 0 Å². The molecule has 0 radical (unpaired) electrons. The molecule has 6 heteroatoms. The van der Waals surface area contributed by atoms with Crippen molar-refractivity contribution in [2.45, 2.75) is 89.1 Å². The first kappa shape index (κ1) is 26.2. The van der Waals surface area contributed by atoms with E-state index < -0.39 is 10.1 Å². The Morgan fingerprint density at radius 2 is 1.69 bits per heavy atom. The van der Waals surface area contributed by atoms with E-state index >= 15 is 0 Å². The summed E-state index contributed by atoms with van der Waals surface area (Å²) in [5.41, 5.74) is 0.928. The summed E-state index contributed by atoms with van der Waals surface area (Å²) in [6, 6.07) is 5.78. The van der Waals surface area contributed by atoms with E-state index in [1.165, 1.54) is 98.8 Å². The first-order valence-corrected chi connectivity index (χ1v) is 13.3. The Kier molecular flexibility index (Phi) is 13.6. The standard InChI is InChI=1S/C16H30OS.C7H8O3S/c1-3-4-5-6-7-8-9-10-14-18-15(2)16-12-11-13-17-16;1-6-2-4-7(5-3-6)11(8,9)10/h16H,2-14H2,1H3;2-5H,1H3,(H,8,9,10). The lowest BCUT2D eigenvalue weighted by molar-refractivity contribution is 0.143. The fourth-order valence-electron chi connectivity index (χ4n) is 3.12. The highest BCUT2D eigenvalue weighted by atomic mass is 32.2. The smallest absolute Gasteiger partial charge is 0.151 e. The Balaban J connectivity index is 0.000000326. The van der Waals surface area contributed by atoms with Gasteiger partial charge in [-0.3, -0.25) is 0 Å². The van der Waals surface area contributed by atoms with Crippen molar-refractivity contribution in [2.24, 2.45) is 0 Å². The summed E-state index contributed by atoms with van der Waals surface area (Å²) < 4.78 is 36.8. The van der Waals surface area contributed by atoms with Crippen molar-refractivity contribution in [1.29, 1.82) is 0 Å². The molecule has 1 unspecified atom stereocenters. The molecule has 29 heavy (non-hydrogen) atoms. The fourth-order valence-corrected chi connectivity index (χ4v) is 4.66. The lowest BCUT2D eigenvalue weighted by atomic mass is 10.1. The minimum absolute atomic E-state index is 0.178. The minimum atomic E-state index is -4.27. The molecule has 0 aliphatic carbocycles. The second-order valence-electron chi connectivity index (χ2n) is 7.62. The van der Waals surface area contributed by atoms with Gasteiger partial charge in [-0.05, 0) is 51.3 Å². The van der Waals surface area contributed by atoms with Crippen LogP contribution in [0.2, 0.25) is 0 Å². The minimum Gasteiger partial charge on any atom is -0.744 e. The number of hydrogen-bond donors (Lipinski definition) is 0. The number of aryl methyl sites for hydroxylation is 1. The van der Waals surface area contributed by atoms with Gasteiger partial charge in [-0.25, -0.2) is 8.42 Å². The van der Waals surface area contributed by atoms with Crippen molar-refractivity contribution in [3.05, 3.63) is 41.3 Å². The van der Waals surface area contributed by atoms with E-state index in [2.05, 4.69) is 13.5 Å². The highest BCUT2D eigenvalue weighted by molar-refractivity contribution is 7.85. The molecule has 1 aromatic rings. The molecule has 0 bridgehead atoms. The first-order valence-electron chi connectivity index (χ1n) is 10.8. The molecule has 1 aliphatic heterocycles. The predicted octanol–water partition coefficient (Wildman–Crippen LogP) is 5.53. The quantitative estimate of drug-likeness (QED) is 0.185. The normalized spacial score (nSPS) is 16.3. The maximum absolute atomic E-state index is 10.4. The van der Waals surface area contributed by atoms with E-state index in [9.17, 15) is 13.0 Å². The number of benzene rings is 1. The van der Waals surface area contributed by atoms with Crippen LogP contribution in [0.3, 0.4) is 0 Å². The van der Waals surface area contributed by atoms with Crippen LogP contribution in [-0.4, -0.2) is 31.4 Å². The Bertz CT molecular complexity index is 663. The molecule has 2 rings (SSSR count). The number of ether oxygens (including phenoxy) is 1. The zero-order chi connectivity index (χ0) is 21.5. The Morgan fingerprint density at radius 3 is 2.21 bits per heavy atom. The van der Waals surface area contributed by atoms with Gasteiger partial charge in [-0.15, -0.1) is 0 Å². The van der Waals surface area contributed by atoms with Gasteiger partial charge in [-0.1, -0.05) is 63.1 Å². The molecule has 0 amide bonds. The highest BCUT2D eigenvalue weighted by Crippen LogP contribution is 2.20. The molecule has 166 valence electrons. The molecule has 4 nitrogen and oxygen atoms in total. The molecule has 1 aromatic carbocycles. The summed E-state index contributed by atoms with van der Waals surface area (Å²) in [6.45, 7) is 9.21. The average molecular weight is 443 g/mol. The fraction of sp³-hybridized carbons (Fsp3) is 0.652. The third kappa shape index (κ3) is 12.5. The topological polar surface area (TPSA) is 66.4 Å². The lowest BCUT2D eigenvalue weighted by Crippen LogP contribution is -2.10. The number of thiol groups is 1. The van der Waals surface area contributed by atoms with Crippen LogP contribution < -0.4 is 0 Å². The van der Waals surface area contributed by atoms with Crippen LogP contribution in [0.15, 0.2) is 40.6 Å². The van der Waals surface area contributed by atoms with Gasteiger partial charge in [0.25, 0.3) is 0 Å². The second kappa shape index (κ2) is 15.1. The summed E-state index contributed by atoms with van der Waals surface area (Å²) >= 11 is 1.43. The molecule has 0 saturated carbocycles. The van der Waals surface area contributed by atoms with Gasteiger partial charge in [0, 0.05) is 18.4 Å². The van der Waals surface area contributed by atoms with Gasteiger partial charge in [0.2, 0.25) is 0 Å². The average Bonchev–Trinajstić information content (AvgIpc) is 3.22. The van der Waals surface area contributed by atoms with Gasteiger partial charge in [0.05, 0.1) is 4.90 Å².